The summed E-state index contributed by atoms with van der Waals surface area (Å²) in [5, 5.41) is 7.77. The van der Waals surface area contributed by atoms with Gasteiger partial charge < -0.3 is 4.52 Å². The van der Waals surface area contributed by atoms with Gasteiger partial charge in [0.05, 0.1) is 11.4 Å². The molecular weight excluding hydrogens is 330 g/mol. The molecule has 0 aliphatic carbocycles. The molecule has 3 aromatic rings. The monoisotopic (exact) mass is 347 g/mol. The average molecular weight is 347 g/mol. The van der Waals surface area contributed by atoms with Gasteiger partial charge in [0.15, 0.2) is 5.76 Å². The fraction of sp³-hybridized carbons (Fsp3) is 0.267. The number of sulfonamides is 1. The Labute approximate surface area is 139 Å². The topological polar surface area (TPSA) is 103 Å². The molecule has 0 aliphatic heterocycles. The summed E-state index contributed by atoms with van der Waals surface area (Å²) in [7, 11) is -1.85. The molecule has 0 saturated heterocycles. The maximum atomic E-state index is 12.4. The van der Waals surface area contributed by atoms with E-state index in [0.29, 0.717) is 5.69 Å². The van der Waals surface area contributed by atoms with Gasteiger partial charge >= 0.3 is 0 Å². The molecule has 8 nitrogen and oxygen atoms in total. The van der Waals surface area contributed by atoms with Gasteiger partial charge in [0.1, 0.15) is 10.6 Å². The molecule has 0 saturated carbocycles. The van der Waals surface area contributed by atoms with Crippen LogP contribution >= 0.6 is 0 Å². The maximum Gasteiger partial charge on any atom is 0.246 e. The van der Waals surface area contributed by atoms with Crippen molar-refractivity contribution in [3.8, 4) is 11.4 Å². The molecule has 0 fully saturated rings. The first-order valence-electron chi connectivity index (χ1n) is 7.24. The number of aromatic nitrogens is 4. The Balaban J connectivity index is 1.74. The van der Waals surface area contributed by atoms with Crippen LogP contribution in [0.2, 0.25) is 0 Å². The van der Waals surface area contributed by atoms with Crippen molar-refractivity contribution in [2.45, 2.75) is 25.3 Å². The molecule has 1 N–H and O–H groups in total. The quantitative estimate of drug-likeness (QED) is 0.751. The van der Waals surface area contributed by atoms with Crippen LogP contribution in [0.15, 0.2) is 40.0 Å². The molecule has 0 aromatic carbocycles. The van der Waals surface area contributed by atoms with E-state index in [0.717, 1.165) is 17.0 Å². The summed E-state index contributed by atoms with van der Waals surface area (Å²) in [5.74, 6) is 0.268. The van der Waals surface area contributed by atoms with E-state index in [4.69, 9.17) is 4.52 Å². The van der Waals surface area contributed by atoms with Crippen molar-refractivity contribution in [2.75, 3.05) is 0 Å². The van der Waals surface area contributed by atoms with Crippen LogP contribution < -0.4 is 4.72 Å². The molecule has 0 amide bonds. The maximum absolute atomic E-state index is 12.4. The molecule has 9 heteroatoms. The Hall–Kier alpha value is -2.52. The fourth-order valence-electron chi connectivity index (χ4n) is 2.41. The van der Waals surface area contributed by atoms with E-state index < -0.39 is 10.0 Å². The van der Waals surface area contributed by atoms with Crippen molar-refractivity contribution in [2.24, 2.45) is 7.05 Å². The number of nitrogens with zero attached hydrogens (tertiary/aromatic N) is 4. The van der Waals surface area contributed by atoms with Gasteiger partial charge in [0, 0.05) is 26.0 Å². The summed E-state index contributed by atoms with van der Waals surface area (Å²) in [5.41, 5.74) is 2.74. The van der Waals surface area contributed by atoms with Gasteiger partial charge in [-0.3, -0.25) is 9.67 Å². The second kappa shape index (κ2) is 6.17. The van der Waals surface area contributed by atoms with Crippen molar-refractivity contribution in [3.05, 3.63) is 47.6 Å². The second-order valence-electron chi connectivity index (χ2n) is 5.37. The first-order valence-corrected chi connectivity index (χ1v) is 8.72. The SMILES string of the molecule is Cc1noc(C)c1S(=O)(=O)NCc1ccc(-c2ccnn2C)nc1. The van der Waals surface area contributed by atoms with Gasteiger partial charge in [-0.2, -0.15) is 5.10 Å². The number of hydrogen-bond acceptors (Lipinski definition) is 6. The molecule has 0 unspecified atom stereocenters. The van der Waals surface area contributed by atoms with Crippen LogP contribution in [0.4, 0.5) is 0 Å². The minimum Gasteiger partial charge on any atom is -0.360 e. The lowest BCUT2D eigenvalue weighted by Gasteiger charge is -2.07. The summed E-state index contributed by atoms with van der Waals surface area (Å²) < 4.78 is 33.9. The normalized spacial score (nSPS) is 11.8. The van der Waals surface area contributed by atoms with E-state index in [1.165, 1.54) is 0 Å². The van der Waals surface area contributed by atoms with Crippen LogP contribution in [0.25, 0.3) is 11.4 Å². The molecule has 24 heavy (non-hydrogen) atoms. The van der Waals surface area contributed by atoms with Crippen molar-refractivity contribution in [1.29, 1.82) is 0 Å². The smallest absolute Gasteiger partial charge is 0.246 e. The third kappa shape index (κ3) is 3.08. The zero-order chi connectivity index (χ0) is 17.3. The number of hydrogen-bond donors (Lipinski definition) is 1. The Morgan fingerprint density at radius 1 is 1.25 bits per heavy atom. The molecule has 126 valence electrons. The van der Waals surface area contributed by atoms with Gasteiger partial charge in [0.25, 0.3) is 0 Å². The first kappa shape index (κ1) is 16.3. The molecule has 0 spiro atoms. The summed E-state index contributed by atoms with van der Waals surface area (Å²) in [6.45, 7) is 3.29. The third-order valence-electron chi connectivity index (χ3n) is 3.61. The van der Waals surface area contributed by atoms with Gasteiger partial charge in [-0.05, 0) is 31.5 Å². The molecule has 0 aliphatic rings. The molecule has 3 rings (SSSR count). The van der Waals surface area contributed by atoms with Crippen LogP contribution in [0.5, 0.6) is 0 Å². The predicted octanol–water partition coefficient (Wildman–Crippen LogP) is 1.57. The Morgan fingerprint density at radius 2 is 2.04 bits per heavy atom. The number of pyridine rings is 1. The summed E-state index contributed by atoms with van der Waals surface area (Å²) in [4.78, 5) is 4.44. The Morgan fingerprint density at radius 3 is 2.58 bits per heavy atom. The molecular formula is C15H17N5O3S. The lowest BCUT2D eigenvalue weighted by Crippen LogP contribution is -2.24. The summed E-state index contributed by atoms with van der Waals surface area (Å²) in [6, 6.07) is 5.52. The van der Waals surface area contributed by atoms with Crippen LogP contribution in [0.3, 0.4) is 0 Å². The van der Waals surface area contributed by atoms with Crippen molar-refractivity contribution < 1.29 is 12.9 Å². The highest BCUT2D eigenvalue weighted by Gasteiger charge is 2.23. The third-order valence-corrected chi connectivity index (χ3v) is 5.26. The largest absolute Gasteiger partial charge is 0.360 e. The minimum atomic E-state index is -3.68. The van der Waals surface area contributed by atoms with Crippen LogP contribution in [-0.4, -0.2) is 28.3 Å². The van der Waals surface area contributed by atoms with Crippen molar-refractivity contribution >= 4 is 10.0 Å². The second-order valence-corrected chi connectivity index (χ2v) is 7.07. The highest BCUT2D eigenvalue weighted by molar-refractivity contribution is 7.89. The number of aryl methyl sites for hydroxylation is 3. The molecule has 0 bridgehead atoms. The zero-order valence-electron chi connectivity index (χ0n) is 13.5. The Bertz CT molecular complexity index is 938. The van der Waals surface area contributed by atoms with Crippen LogP contribution in [-0.2, 0) is 23.6 Å². The lowest BCUT2D eigenvalue weighted by molar-refractivity contribution is 0.390. The van der Waals surface area contributed by atoms with E-state index in [1.807, 2.05) is 25.2 Å². The van der Waals surface area contributed by atoms with Crippen LogP contribution in [0.1, 0.15) is 17.0 Å². The number of nitrogens with one attached hydrogen (secondary N) is 1. The van der Waals surface area contributed by atoms with E-state index in [1.54, 1.807) is 30.9 Å². The van der Waals surface area contributed by atoms with Gasteiger partial charge in [-0.25, -0.2) is 13.1 Å². The van der Waals surface area contributed by atoms with Gasteiger partial charge in [-0.15, -0.1) is 0 Å². The minimum absolute atomic E-state index is 0.0852. The fourth-order valence-corrected chi connectivity index (χ4v) is 3.76. The summed E-state index contributed by atoms with van der Waals surface area (Å²) in [6.07, 6.45) is 3.33. The first-order chi connectivity index (χ1) is 11.4. The zero-order valence-corrected chi connectivity index (χ0v) is 14.3. The predicted molar refractivity (Wildman–Crippen MR) is 86.4 cm³/mol. The standard InChI is InChI=1S/C15H17N5O3S/c1-10-15(11(2)23-19-10)24(21,22)18-9-12-4-5-13(16-8-12)14-6-7-17-20(14)3/h4-8,18H,9H2,1-3H3. The highest BCUT2D eigenvalue weighted by Crippen LogP contribution is 2.19. The van der Waals surface area contributed by atoms with Crippen LogP contribution in [0, 0.1) is 13.8 Å². The molecule has 3 aromatic heterocycles. The number of rotatable bonds is 5. The molecule has 3 heterocycles. The molecule has 0 atom stereocenters. The van der Waals surface area contributed by atoms with Gasteiger partial charge in [0.2, 0.25) is 10.0 Å². The lowest BCUT2D eigenvalue weighted by atomic mass is 10.2. The van der Waals surface area contributed by atoms with Crippen molar-refractivity contribution in [1.82, 2.24) is 24.6 Å². The van der Waals surface area contributed by atoms with E-state index in [-0.39, 0.29) is 17.2 Å². The average Bonchev–Trinajstić information content (AvgIpc) is 3.12. The highest BCUT2D eigenvalue weighted by atomic mass is 32.2. The van der Waals surface area contributed by atoms with Crippen molar-refractivity contribution in [3.63, 3.8) is 0 Å². The molecule has 0 radical (unpaired) electrons. The van der Waals surface area contributed by atoms with E-state index >= 15 is 0 Å². The van der Waals surface area contributed by atoms with E-state index in [9.17, 15) is 8.42 Å². The summed E-state index contributed by atoms with van der Waals surface area (Å²) >= 11 is 0. The Kier molecular flexibility index (Phi) is 4.20. The van der Waals surface area contributed by atoms with Gasteiger partial charge in [-0.1, -0.05) is 11.2 Å². The van der Waals surface area contributed by atoms with E-state index in [2.05, 4.69) is 20.0 Å².